The number of nitrogens with two attached hydrogens (primary N) is 1. The largest absolute Gasteiger partial charge is 0.494 e. The smallest absolute Gasteiger partial charge is 0.326 e. The van der Waals surface area contributed by atoms with Gasteiger partial charge in [-0.1, -0.05) is 23.4 Å². The van der Waals surface area contributed by atoms with Crippen molar-refractivity contribution in [1.82, 2.24) is 10.0 Å². The quantitative estimate of drug-likeness (QED) is 0.0788. The molecule has 0 aliphatic rings. The van der Waals surface area contributed by atoms with Gasteiger partial charge in [0.2, 0.25) is 15.9 Å². The van der Waals surface area contributed by atoms with E-state index >= 15 is 0 Å². The van der Waals surface area contributed by atoms with Gasteiger partial charge in [0.25, 0.3) is 0 Å². The molecule has 1 atom stereocenters. The molecule has 0 heterocycles. The van der Waals surface area contributed by atoms with E-state index in [0.29, 0.717) is 17.7 Å². The molecule has 0 spiro atoms. The Balaban J connectivity index is 1.86. The van der Waals surface area contributed by atoms with Gasteiger partial charge in [-0.3, -0.25) is 9.59 Å². The summed E-state index contributed by atoms with van der Waals surface area (Å²) < 4.78 is 38.2. The van der Waals surface area contributed by atoms with Crippen LogP contribution in [-0.2, 0) is 24.3 Å². The Hall–Kier alpha value is -3.64. The lowest BCUT2D eigenvalue weighted by atomic mass is 10.2. The van der Waals surface area contributed by atoms with Crippen LogP contribution in [0.15, 0.2) is 64.6 Å². The highest BCUT2D eigenvalue weighted by molar-refractivity contribution is 7.89. The number of esters is 1. The van der Waals surface area contributed by atoms with Gasteiger partial charge in [0.15, 0.2) is 5.84 Å². The monoisotopic (exact) mass is 506 g/mol. The summed E-state index contributed by atoms with van der Waals surface area (Å²) in [6.07, 6.45) is 0.0186. The van der Waals surface area contributed by atoms with E-state index in [4.69, 9.17) is 20.4 Å². The fourth-order valence-corrected chi connectivity index (χ4v) is 4.05. The third-order valence-corrected chi connectivity index (χ3v) is 6.05. The van der Waals surface area contributed by atoms with Crippen molar-refractivity contribution in [3.05, 3.63) is 60.2 Å². The fourth-order valence-electron chi connectivity index (χ4n) is 2.85. The molecule has 0 saturated heterocycles. The zero-order chi connectivity index (χ0) is 25.8. The molecule has 2 aromatic carbocycles. The molecular formula is C23H30N4O7S. The van der Waals surface area contributed by atoms with Crippen LogP contribution in [0, 0.1) is 0 Å². The van der Waals surface area contributed by atoms with Gasteiger partial charge in [-0.05, 0) is 56.7 Å². The number of amidine groups is 1. The number of nitrogens with zero attached hydrogens (tertiary/aromatic N) is 1. The number of ether oxygens (including phenoxy) is 2. The maximum Gasteiger partial charge on any atom is 0.326 e. The van der Waals surface area contributed by atoms with Crippen LogP contribution in [0.25, 0.3) is 0 Å². The summed E-state index contributed by atoms with van der Waals surface area (Å²) >= 11 is 0. The van der Waals surface area contributed by atoms with Gasteiger partial charge in [-0.15, -0.1) is 0 Å². The Labute approximate surface area is 204 Å². The standard InChI is InChI=1S/C23H30N4O7S/c1-16(2)34-23(29)20(27-35(31,32)19-7-4-3-5-8-19)15-25-21(28)9-6-14-33-18-12-10-17(11-13-18)22(24)26-30/h3-5,7-8,10-13,16,20,27,30H,6,9,14-15H2,1-2H3,(H2,24,26)(H,25,28)/t20-/m0/s1. The minimum atomic E-state index is -4.00. The van der Waals surface area contributed by atoms with Crippen molar-refractivity contribution >= 4 is 27.7 Å². The number of sulfonamides is 1. The highest BCUT2D eigenvalue weighted by Crippen LogP contribution is 2.13. The molecular weight excluding hydrogens is 476 g/mol. The fraction of sp³-hybridized carbons (Fsp3) is 0.348. The Bertz CT molecular complexity index is 1100. The molecule has 0 aromatic heterocycles. The second kappa shape index (κ2) is 13.3. The number of amides is 1. The Morgan fingerprint density at radius 2 is 1.74 bits per heavy atom. The lowest BCUT2D eigenvalue weighted by Gasteiger charge is -2.19. The number of nitrogens with one attached hydrogen (secondary N) is 2. The maximum absolute atomic E-state index is 12.6. The predicted molar refractivity (Wildman–Crippen MR) is 128 cm³/mol. The molecule has 0 aliphatic heterocycles. The second-order valence-electron chi connectivity index (χ2n) is 7.74. The van der Waals surface area contributed by atoms with E-state index in [1.807, 2.05) is 0 Å². The summed E-state index contributed by atoms with van der Waals surface area (Å²) in [5, 5.41) is 14.1. The molecule has 190 valence electrons. The highest BCUT2D eigenvalue weighted by Gasteiger charge is 2.28. The van der Waals surface area contributed by atoms with Crippen molar-refractivity contribution in [3.63, 3.8) is 0 Å². The average Bonchev–Trinajstić information content (AvgIpc) is 2.84. The summed E-state index contributed by atoms with van der Waals surface area (Å²) in [5.41, 5.74) is 6.04. The van der Waals surface area contributed by atoms with E-state index in [-0.39, 0.29) is 36.2 Å². The van der Waals surface area contributed by atoms with Crippen molar-refractivity contribution in [3.8, 4) is 5.75 Å². The molecule has 5 N–H and O–H groups in total. The summed E-state index contributed by atoms with van der Waals surface area (Å²) in [4.78, 5) is 24.7. The molecule has 1 amide bonds. The molecule has 0 saturated carbocycles. The van der Waals surface area contributed by atoms with E-state index in [2.05, 4.69) is 15.2 Å². The summed E-state index contributed by atoms with van der Waals surface area (Å²) in [6, 6.07) is 12.9. The maximum atomic E-state index is 12.6. The number of benzene rings is 2. The predicted octanol–water partition coefficient (Wildman–Crippen LogP) is 1.36. The Kier molecular flexibility index (Phi) is 10.5. The molecule has 12 heteroatoms. The zero-order valence-electron chi connectivity index (χ0n) is 19.5. The van der Waals surface area contributed by atoms with Gasteiger partial charge in [0, 0.05) is 18.5 Å². The lowest BCUT2D eigenvalue weighted by molar-refractivity contribution is -0.149. The van der Waals surface area contributed by atoms with Crippen LogP contribution in [0.3, 0.4) is 0 Å². The number of carbonyl (C=O) groups is 2. The van der Waals surface area contributed by atoms with Crippen LogP contribution in [-0.4, -0.2) is 56.6 Å². The van der Waals surface area contributed by atoms with Gasteiger partial charge in [-0.2, -0.15) is 4.72 Å². The van der Waals surface area contributed by atoms with Crippen LogP contribution in [0.2, 0.25) is 0 Å². The number of hydrogen-bond acceptors (Lipinski definition) is 8. The van der Waals surface area contributed by atoms with Gasteiger partial charge < -0.3 is 25.7 Å². The normalized spacial score (nSPS) is 12.7. The topological polar surface area (TPSA) is 169 Å². The first kappa shape index (κ1) is 27.6. The van der Waals surface area contributed by atoms with E-state index in [1.54, 1.807) is 56.3 Å². The summed E-state index contributed by atoms with van der Waals surface area (Å²) in [5.74, 6) is -0.642. The summed E-state index contributed by atoms with van der Waals surface area (Å²) in [7, 11) is -4.00. The molecule has 2 rings (SSSR count). The lowest BCUT2D eigenvalue weighted by Crippen LogP contribution is -2.49. The molecule has 2 aromatic rings. The molecule has 0 fully saturated rings. The first-order valence-electron chi connectivity index (χ1n) is 10.9. The number of hydrogen-bond donors (Lipinski definition) is 4. The second-order valence-corrected chi connectivity index (χ2v) is 9.45. The van der Waals surface area contributed by atoms with E-state index in [1.165, 1.54) is 12.1 Å². The number of rotatable bonds is 13. The number of oxime groups is 1. The van der Waals surface area contributed by atoms with Gasteiger partial charge in [-0.25, -0.2) is 8.42 Å². The summed E-state index contributed by atoms with van der Waals surface area (Å²) in [6.45, 7) is 3.26. The van der Waals surface area contributed by atoms with Crippen molar-refractivity contribution in [2.24, 2.45) is 10.9 Å². The SMILES string of the molecule is CC(C)OC(=O)[C@H](CNC(=O)CCCOc1ccc(C(N)=NO)cc1)NS(=O)(=O)c1ccccc1. The minimum Gasteiger partial charge on any atom is -0.494 e. The molecule has 0 aliphatic carbocycles. The van der Waals surface area contributed by atoms with Crippen molar-refractivity contribution in [1.29, 1.82) is 0 Å². The van der Waals surface area contributed by atoms with Crippen LogP contribution in [0.5, 0.6) is 5.75 Å². The molecule has 0 bridgehead atoms. The molecule has 11 nitrogen and oxygen atoms in total. The number of carbonyl (C=O) groups excluding carboxylic acids is 2. The van der Waals surface area contributed by atoms with E-state index in [0.717, 1.165) is 0 Å². The van der Waals surface area contributed by atoms with Crippen molar-refractivity contribution in [2.75, 3.05) is 13.2 Å². The Morgan fingerprint density at radius 3 is 2.34 bits per heavy atom. The Morgan fingerprint density at radius 1 is 1.09 bits per heavy atom. The van der Waals surface area contributed by atoms with E-state index < -0.39 is 28.1 Å². The van der Waals surface area contributed by atoms with Crippen molar-refractivity contribution < 1.29 is 32.7 Å². The van der Waals surface area contributed by atoms with Crippen LogP contribution in [0.1, 0.15) is 32.3 Å². The van der Waals surface area contributed by atoms with Gasteiger partial charge in [0.05, 0.1) is 17.6 Å². The molecule has 0 unspecified atom stereocenters. The average molecular weight is 507 g/mol. The van der Waals surface area contributed by atoms with Gasteiger partial charge >= 0.3 is 5.97 Å². The van der Waals surface area contributed by atoms with Crippen LogP contribution in [0.4, 0.5) is 0 Å². The minimum absolute atomic E-state index is 0.00909. The third-order valence-electron chi connectivity index (χ3n) is 4.57. The molecule has 35 heavy (non-hydrogen) atoms. The highest BCUT2D eigenvalue weighted by atomic mass is 32.2. The van der Waals surface area contributed by atoms with Gasteiger partial charge in [0.1, 0.15) is 11.8 Å². The van der Waals surface area contributed by atoms with E-state index in [9.17, 15) is 18.0 Å². The molecule has 0 radical (unpaired) electrons. The van der Waals surface area contributed by atoms with Crippen molar-refractivity contribution in [2.45, 2.75) is 43.7 Å². The zero-order valence-corrected chi connectivity index (χ0v) is 20.3. The van der Waals surface area contributed by atoms with Crippen LogP contribution < -0.4 is 20.5 Å². The first-order valence-corrected chi connectivity index (χ1v) is 12.4. The first-order chi connectivity index (χ1) is 16.6. The third kappa shape index (κ3) is 9.26. The van der Waals surface area contributed by atoms with Crippen LogP contribution >= 0.6 is 0 Å².